The fourth-order valence-electron chi connectivity index (χ4n) is 7.17. The maximum Gasteiger partial charge on any atom is 0.242 e. The molecule has 1 aliphatic rings. The van der Waals surface area contributed by atoms with Crippen molar-refractivity contribution in [3.8, 4) is 0 Å². The fourth-order valence-corrected chi connectivity index (χ4v) is 9.34. The maximum atomic E-state index is 14.1. The zero-order valence-electron chi connectivity index (χ0n) is 33.2. The van der Waals surface area contributed by atoms with Crippen molar-refractivity contribution in [1.29, 1.82) is 0 Å². The molecule has 1 aliphatic heterocycles. The van der Waals surface area contributed by atoms with E-state index in [0.717, 1.165) is 32.7 Å². The molecule has 6 aromatic carbocycles. The minimum Gasteiger partial charge on any atom is -0.392 e. The maximum absolute atomic E-state index is 14.1. The van der Waals surface area contributed by atoms with Crippen molar-refractivity contribution < 1.29 is 32.6 Å². The van der Waals surface area contributed by atoms with Crippen LogP contribution in [0.1, 0.15) is 58.6 Å². The number of thioether (sulfide) groups is 1. The van der Waals surface area contributed by atoms with Gasteiger partial charge in [-0.15, -0.1) is 11.8 Å². The number of hydrogen-bond acceptors (Lipinski definition) is 8. The monoisotopic (exact) mass is 841 g/mol. The van der Waals surface area contributed by atoms with Crippen molar-refractivity contribution in [2.45, 2.75) is 67.1 Å². The largest absolute Gasteiger partial charge is 0.392 e. The third-order valence-corrected chi connectivity index (χ3v) is 12.8. The van der Waals surface area contributed by atoms with Gasteiger partial charge in [0.15, 0.2) is 6.29 Å². The van der Waals surface area contributed by atoms with Gasteiger partial charge in [0.05, 0.1) is 23.7 Å². The number of carbonyl (C=O) groups is 2. The Morgan fingerprint density at radius 3 is 2.03 bits per heavy atom. The normalized spacial score (nSPS) is 18.3. The number of hydrogen-bond donors (Lipinski definition) is 4. The van der Waals surface area contributed by atoms with Crippen molar-refractivity contribution in [3.63, 3.8) is 0 Å². The fraction of sp³-hybridized carbons (Fsp3) is 0.208. The zero-order chi connectivity index (χ0) is 42.1. The van der Waals surface area contributed by atoms with Crippen LogP contribution in [0.3, 0.4) is 0 Å². The first-order valence-electron chi connectivity index (χ1n) is 19.6. The summed E-state index contributed by atoms with van der Waals surface area (Å²) in [4.78, 5) is 26.7. The number of anilines is 2. The van der Waals surface area contributed by atoms with Gasteiger partial charge in [-0.25, -0.2) is 8.42 Å². The summed E-state index contributed by atoms with van der Waals surface area (Å²) in [6, 6.07) is 47.3. The molecule has 0 bridgehead atoms. The van der Waals surface area contributed by atoms with E-state index in [1.165, 1.54) is 19.1 Å². The average Bonchev–Trinajstić information content (AvgIpc) is 3.26. The van der Waals surface area contributed by atoms with Gasteiger partial charge in [0, 0.05) is 40.4 Å². The van der Waals surface area contributed by atoms with E-state index in [1.54, 1.807) is 42.1 Å². The lowest BCUT2D eigenvalue weighted by molar-refractivity contribution is -0.255. The summed E-state index contributed by atoms with van der Waals surface area (Å²) < 4.78 is 43.5. The van der Waals surface area contributed by atoms with Crippen molar-refractivity contribution in [3.05, 3.63) is 191 Å². The molecule has 4 N–H and O–H groups in total. The van der Waals surface area contributed by atoms with Crippen molar-refractivity contribution in [2.75, 3.05) is 16.4 Å². The Labute approximate surface area is 355 Å². The lowest BCUT2D eigenvalue weighted by atomic mass is 9.84. The topological polar surface area (TPSA) is 143 Å². The molecular weight excluding hydrogens is 795 g/mol. The summed E-state index contributed by atoms with van der Waals surface area (Å²) in [6.45, 7) is 3.26. The van der Waals surface area contributed by atoms with E-state index in [-0.39, 0.29) is 35.9 Å². The lowest BCUT2D eigenvalue weighted by Crippen LogP contribution is -2.45. The first kappa shape index (κ1) is 42.5. The molecule has 0 spiro atoms. The number of nitrogens with one attached hydrogen (secondary N) is 3. The van der Waals surface area contributed by atoms with Gasteiger partial charge in [-0.1, -0.05) is 115 Å². The summed E-state index contributed by atoms with van der Waals surface area (Å²) in [5.74, 6) is -0.332. The summed E-state index contributed by atoms with van der Waals surface area (Å²) in [6.07, 6.45) is -1.55. The number of benzene rings is 6. The Morgan fingerprint density at radius 2 is 1.37 bits per heavy atom. The molecule has 0 aromatic heterocycles. The molecule has 1 fully saturated rings. The highest BCUT2D eigenvalue weighted by Gasteiger charge is 2.42. The molecule has 2 amide bonds. The molecule has 1 heterocycles. The molecule has 10 nitrogen and oxygen atoms in total. The Bertz CT molecular complexity index is 2470. The number of aryl methyl sites for hydroxylation is 1. The number of rotatable bonds is 15. The van der Waals surface area contributed by atoms with Gasteiger partial charge in [0.1, 0.15) is 6.04 Å². The molecule has 0 saturated carbocycles. The van der Waals surface area contributed by atoms with Crippen molar-refractivity contribution in [1.82, 2.24) is 4.72 Å². The summed E-state index contributed by atoms with van der Waals surface area (Å²) >= 11 is 1.63. The molecule has 0 aliphatic carbocycles. The van der Waals surface area contributed by atoms with Crippen LogP contribution in [0.2, 0.25) is 0 Å². The van der Waals surface area contributed by atoms with Gasteiger partial charge in [-0.2, -0.15) is 4.72 Å². The third kappa shape index (κ3) is 11.0. The summed E-state index contributed by atoms with van der Waals surface area (Å²) in [5.41, 5.74) is 6.26. The van der Waals surface area contributed by atoms with E-state index in [2.05, 4.69) is 27.5 Å². The van der Waals surface area contributed by atoms with E-state index >= 15 is 0 Å². The highest BCUT2D eigenvalue weighted by molar-refractivity contribution is 7.99. The minimum absolute atomic E-state index is 0.0663. The zero-order valence-corrected chi connectivity index (χ0v) is 34.9. The Balaban J connectivity index is 1.18. The van der Waals surface area contributed by atoms with E-state index in [4.69, 9.17) is 9.47 Å². The van der Waals surface area contributed by atoms with Gasteiger partial charge in [-0.3, -0.25) is 9.59 Å². The number of sulfonamides is 1. The summed E-state index contributed by atoms with van der Waals surface area (Å²) in [5, 5.41) is 15.6. The SMILES string of the molecule is CC(=O)Nc1ccc(SC[C@H]2OC(c3cccc(NC(=O)[C@@H](Cc4ccccc4)NS(=O)(=O)c4ccc(C)cc4)c3)O[C@@H](c3ccc(CO)cc3)[C@@H]2c2ccccc2)cc1. The predicted octanol–water partition coefficient (Wildman–Crippen LogP) is 8.71. The van der Waals surface area contributed by atoms with Gasteiger partial charge in [0.2, 0.25) is 21.8 Å². The molecule has 1 saturated heterocycles. The average molecular weight is 842 g/mol. The van der Waals surface area contributed by atoms with Gasteiger partial charge < -0.3 is 25.2 Å². The van der Waals surface area contributed by atoms with Gasteiger partial charge in [-0.05, 0) is 84.1 Å². The van der Waals surface area contributed by atoms with Crippen LogP contribution in [-0.4, -0.2) is 43.2 Å². The van der Waals surface area contributed by atoms with Gasteiger partial charge in [0.25, 0.3) is 0 Å². The van der Waals surface area contributed by atoms with Crippen LogP contribution < -0.4 is 15.4 Å². The quantitative estimate of drug-likeness (QED) is 0.0753. The number of aliphatic hydroxyl groups is 1. The van der Waals surface area contributed by atoms with Crippen LogP contribution in [0.25, 0.3) is 0 Å². The highest BCUT2D eigenvalue weighted by atomic mass is 32.2. The van der Waals surface area contributed by atoms with E-state index in [0.29, 0.717) is 22.7 Å². The van der Waals surface area contributed by atoms with Crippen LogP contribution in [0.5, 0.6) is 0 Å². The molecular formula is C48H47N3O7S2. The van der Waals surface area contributed by atoms with Crippen LogP contribution in [-0.2, 0) is 42.1 Å². The highest BCUT2D eigenvalue weighted by Crippen LogP contribution is 2.48. The van der Waals surface area contributed by atoms with Crippen molar-refractivity contribution >= 4 is 45.0 Å². The first-order valence-corrected chi connectivity index (χ1v) is 22.1. The van der Waals surface area contributed by atoms with Crippen LogP contribution in [0, 0.1) is 6.92 Å². The predicted molar refractivity (Wildman–Crippen MR) is 235 cm³/mol. The minimum atomic E-state index is -4.05. The number of amides is 2. The molecule has 6 aromatic rings. The number of carbonyl (C=O) groups excluding carboxylic acids is 2. The number of aliphatic hydroxyl groups excluding tert-OH is 1. The standard InChI is InChI=1S/C48H47N3O7S2/c1-32-16-26-42(27-17-32)60(55,56)51-43(28-34-10-5-3-6-11-34)47(54)50-40-15-9-14-38(29-40)48-57-44(31-59-41-24-22-39(23-25-41)49-33(2)53)45(36-12-7-4-8-13-36)46(58-48)37-20-18-35(30-52)19-21-37/h3-27,29,43-46,48,51-52H,28,30-31H2,1-2H3,(H,49,53)(H,50,54)/t43-,44-,45-,46+,48?/m1/s1. The lowest BCUT2D eigenvalue weighted by Gasteiger charge is -2.43. The second-order valence-corrected chi connectivity index (χ2v) is 17.5. The van der Waals surface area contributed by atoms with E-state index in [9.17, 15) is 23.1 Å². The molecule has 1 unspecified atom stereocenters. The molecule has 0 radical (unpaired) electrons. The number of ether oxygens (including phenoxy) is 2. The van der Waals surface area contributed by atoms with Crippen LogP contribution >= 0.6 is 11.8 Å². The smallest absolute Gasteiger partial charge is 0.242 e. The summed E-state index contributed by atoms with van der Waals surface area (Å²) in [7, 11) is -4.05. The third-order valence-electron chi connectivity index (χ3n) is 10.2. The second kappa shape index (κ2) is 19.6. The molecule has 308 valence electrons. The Hall–Kier alpha value is -5.60. The van der Waals surface area contributed by atoms with Crippen LogP contribution in [0.15, 0.2) is 168 Å². The van der Waals surface area contributed by atoms with E-state index in [1.807, 2.05) is 110 Å². The molecule has 5 atom stereocenters. The van der Waals surface area contributed by atoms with Gasteiger partial charge >= 0.3 is 0 Å². The first-order chi connectivity index (χ1) is 29.0. The second-order valence-electron chi connectivity index (χ2n) is 14.7. The van der Waals surface area contributed by atoms with E-state index < -0.39 is 34.4 Å². The van der Waals surface area contributed by atoms with Crippen molar-refractivity contribution in [2.24, 2.45) is 0 Å². The van der Waals surface area contributed by atoms with Crippen LogP contribution in [0.4, 0.5) is 11.4 Å². The Morgan fingerprint density at radius 1 is 0.700 bits per heavy atom. The Kier molecular flexibility index (Phi) is 13.9. The molecule has 12 heteroatoms. The molecule has 7 rings (SSSR count). The molecule has 60 heavy (non-hydrogen) atoms.